The van der Waals surface area contributed by atoms with Crippen LogP contribution >= 0.6 is 0 Å². The first-order valence-corrected chi connectivity index (χ1v) is 8.02. The number of benzene rings is 1. The first kappa shape index (κ1) is 14.9. The number of aliphatic hydroxyl groups is 1. The average Bonchev–Trinajstić information content (AvgIpc) is 2.96. The van der Waals surface area contributed by atoms with Crippen LogP contribution < -0.4 is 10.5 Å². The van der Waals surface area contributed by atoms with E-state index in [4.69, 9.17) is 10.5 Å². The topological polar surface area (TPSA) is 99.1 Å². The van der Waals surface area contributed by atoms with Crippen molar-refractivity contribution in [3.8, 4) is 5.88 Å². The molecule has 0 saturated heterocycles. The van der Waals surface area contributed by atoms with Crippen molar-refractivity contribution < 1.29 is 9.84 Å². The van der Waals surface area contributed by atoms with Crippen LogP contribution in [0.15, 0.2) is 36.7 Å². The second kappa shape index (κ2) is 6.09. The first-order chi connectivity index (χ1) is 11.7. The molecule has 0 bridgehead atoms. The molecule has 7 heteroatoms. The minimum atomic E-state index is 0.172. The molecule has 0 unspecified atom stereocenters. The number of fused-ring (bicyclic) bond motifs is 1. The lowest BCUT2D eigenvalue weighted by atomic mass is 9.81. The lowest BCUT2D eigenvalue weighted by molar-refractivity contribution is 0.114. The van der Waals surface area contributed by atoms with Crippen molar-refractivity contribution >= 4 is 17.1 Å². The maximum Gasteiger partial charge on any atom is 0.247 e. The summed E-state index contributed by atoms with van der Waals surface area (Å²) in [6, 6.07) is 10.2. The molecule has 24 heavy (non-hydrogen) atoms. The second-order valence-corrected chi connectivity index (χ2v) is 6.16. The predicted molar refractivity (Wildman–Crippen MR) is 89.4 cm³/mol. The number of rotatable bonds is 5. The van der Waals surface area contributed by atoms with Gasteiger partial charge >= 0.3 is 0 Å². The van der Waals surface area contributed by atoms with Crippen LogP contribution in [-0.4, -0.2) is 31.2 Å². The molecule has 3 aromatic rings. The molecule has 2 heterocycles. The fourth-order valence-corrected chi connectivity index (χ4v) is 3.08. The summed E-state index contributed by atoms with van der Waals surface area (Å²) >= 11 is 0. The van der Waals surface area contributed by atoms with Crippen molar-refractivity contribution in [3.05, 3.63) is 42.2 Å². The molecule has 1 saturated carbocycles. The van der Waals surface area contributed by atoms with E-state index < -0.39 is 0 Å². The van der Waals surface area contributed by atoms with Crippen LogP contribution in [-0.2, 0) is 6.61 Å². The zero-order valence-electron chi connectivity index (χ0n) is 13.2. The molecule has 7 nitrogen and oxygen atoms in total. The van der Waals surface area contributed by atoms with Gasteiger partial charge in [0.2, 0.25) is 11.8 Å². The summed E-state index contributed by atoms with van der Waals surface area (Å²) in [6.07, 6.45) is 3.60. The molecule has 4 rings (SSSR count). The molecule has 0 spiro atoms. The number of hydrogen-bond acceptors (Lipinski definition) is 6. The molecule has 0 radical (unpaired) electrons. The fourth-order valence-electron chi connectivity index (χ4n) is 3.08. The molecular formula is C17H19N5O2. The summed E-state index contributed by atoms with van der Waals surface area (Å²) in [6.45, 7) is 0.626. The van der Waals surface area contributed by atoms with Gasteiger partial charge in [-0.2, -0.15) is 9.97 Å². The second-order valence-electron chi connectivity index (χ2n) is 6.16. The molecule has 3 N–H and O–H groups in total. The smallest absolute Gasteiger partial charge is 0.247 e. The Morgan fingerprint density at radius 1 is 1.21 bits per heavy atom. The molecule has 0 atom stereocenters. The summed E-state index contributed by atoms with van der Waals surface area (Å²) < 4.78 is 7.84. The third-order valence-electron chi connectivity index (χ3n) is 4.49. The highest BCUT2D eigenvalue weighted by molar-refractivity contribution is 5.77. The summed E-state index contributed by atoms with van der Waals surface area (Å²) in [5.74, 6) is 0.934. The molecule has 1 aliphatic carbocycles. The molecular weight excluding hydrogens is 306 g/mol. The number of ether oxygens (including phenoxy) is 1. The van der Waals surface area contributed by atoms with Crippen LogP contribution in [0.25, 0.3) is 11.2 Å². The van der Waals surface area contributed by atoms with Gasteiger partial charge < -0.3 is 20.1 Å². The minimum absolute atomic E-state index is 0.172. The maximum atomic E-state index is 9.19. The number of anilines is 1. The van der Waals surface area contributed by atoms with E-state index in [2.05, 4.69) is 15.0 Å². The Kier molecular flexibility index (Phi) is 3.78. The number of aromatic nitrogens is 4. The van der Waals surface area contributed by atoms with Crippen molar-refractivity contribution in [2.45, 2.75) is 25.5 Å². The van der Waals surface area contributed by atoms with Crippen LogP contribution in [0.3, 0.4) is 0 Å². The fraction of sp³-hybridized carbons (Fsp3) is 0.353. The average molecular weight is 325 g/mol. The van der Waals surface area contributed by atoms with Gasteiger partial charge in [0.25, 0.3) is 0 Å². The van der Waals surface area contributed by atoms with E-state index in [1.807, 2.05) is 34.9 Å². The van der Waals surface area contributed by atoms with Gasteiger partial charge in [0.15, 0.2) is 11.2 Å². The molecule has 0 amide bonds. The van der Waals surface area contributed by atoms with Gasteiger partial charge in [-0.3, -0.25) is 0 Å². The van der Waals surface area contributed by atoms with Gasteiger partial charge in [-0.15, -0.1) is 0 Å². The maximum absolute atomic E-state index is 9.19. The zero-order valence-corrected chi connectivity index (χ0v) is 13.2. The largest absolute Gasteiger partial charge is 0.471 e. The van der Waals surface area contributed by atoms with Crippen LogP contribution in [0.1, 0.15) is 24.4 Å². The number of aliphatic hydroxyl groups excluding tert-OH is 1. The van der Waals surface area contributed by atoms with E-state index in [0.29, 0.717) is 35.6 Å². The van der Waals surface area contributed by atoms with Crippen LogP contribution in [0.4, 0.5) is 5.95 Å². The highest BCUT2D eigenvalue weighted by Gasteiger charge is 2.31. The lowest BCUT2D eigenvalue weighted by Gasteiger charge is -2.34. The molecule has 1 aliphatic rings. The Balaban J connectivity index is 1.61. The molecule has 124 valence electrons. The lowest BCUT2D eigenvalue weighted by Crippen LogP contribution is -2.28. The van der Waals surface area contributed by atoms with Gasteiger partial charge in [0.05, 0.1) is 6.33 Å². The SMILES string of the molecule is Nc1nc(OCc2ccccc2)c2ncn(C3CC(CO)C3)c2n1. The van der Waals surface area contributed by atoms with Crippen molar-refractivity contribution in [3.63, 3.8) is 0 Å². The Morgan fingerprint density at radius 2 is 2.00 bits per heavy atom. The van der Waals surface area contributed by atoms with E-state index in [1.165, 1.54) is 0 Å². The zero-order chi connectivity index (χ0) is 16.5. The highest BCUT2D eigenvalue weighted by atomic mass is 16.5. The number of hydrogen-bond donors (Lipinski definition) is 2. The number of nitrogen functional groups attached to an aromatic ring is 1. The molecule has 2 aromatic heterocycles. The number of imidazole rings is 1. The van der Waals surface area contributed by atoms with E-state index >= 15 is 0 Å². The molecule has 1 fully saturated rings. The molecule has 0 aliphatic heterocycles. The Labute approximate surface area is 139 Å². The van der Waals surface area contributed by atoms with Gasteiger partial charge in [-0.1, -0.05) is 30.3 Å². The highest BCUT2D eigenvalue weighted by Crippen LogP contribution is 2.39. The van der Waals surface area contributed by atoms with Gasteiger partial charge in [-0.25, -0.2) is 4.98 Å². The number of nitrogens with two attached hydrogens (primary N) is 1. The van der Waals surface area contributed by atoms with E-state index in [0.717, 1.165) is 18.4 Å². The van der Waals surface area contributed by atoms with Crippen molar-refractivity contribution in [2.24, 2.45) is 5.92 Å². The van der Waals surface area contributed by atoms with Crippen molar-refractivity contribution in [2.75, 3.05) is 12.3 Å². The van der Waals surface area contributed by atoms with Gasteiger partial charge in [0.1, 0.15) is 6.61 Å². The van der Waals surface area contributed by atoms with Crippen molar-refractivity contribution in [1.29, 1.82) is 0 Å². The predicted octanol–water partition coefficient (Wildman–Crippen LogP) is 1.93. The number of nitrogens with zero attached hydrogens (tertiary/aromatic N) is 4. The van der Waals surface area contributed by atoms with Crippen LogP contribution in [0.5, 0.6) is 5.88 Å². The Morgan fingerprint density at radius 3 is 2.75 bits per heavy atom. The quantitative estimate of drug-likeness (QED) is 0.743. The van der Waals surface area contributed by atoms with Crippen LogP contribution in [0, 0.1) is 5.92 Å². The molecule has 1 aromatic carbocycles. The van der Waals surface area contributed by atoms with Gasteiger partial charge in [0, 0.05) is 12.6 Å². The van der Waals surface area contributed by atoms with E-state index in [1.54, 1.807) is 6.33 Å². The van der Waals surface area contributed by atoms with Crippen LogP contribution in [0.2, 0.25) is 0 Å². The summed E-state index contributed by atoms with van der Waals surface area (Å²) in [4.78, 5) is 12.9. The Hall–Kier alpha value is -2.67. The monoisotopic (exact) mass is 325 g/mol. The third-order valence-corrected chi connectivity index (χ3v) is 4.49. The standard InChI is InChI=1S/C17H19N5O2/c18-17-20-15-14(19-10-22(15)13-6-12(7-13)8-23)16(21-17)24-9-11-4-2-1-3-5-11/h1-5,10,12-13,23H,6-9H2,(H2,18,20,21). The summed E-state index contributed by atoms with van der Waals surface area (Å²) in [5, 5.41) is 9.19. The summed E-state index contributed by atoms with van der Waals surface area (Å²) in [5.41, 5.74) is 8.20. The van der Waals surface area contributed by atoms with Crippen molar-refractivity contribution in [1.82, 2.24) is 19.5 Å². The van der Waals surface area contributed by atoms with E-state index in [-0.39, 0.29) is 12.6 Å². The Bertz CT molecular complexity index is 843. The first-order valence-electron chi connectivity index (χ1n) is 8.02. The third kappa shape index (κ3) is 2.67. The van der Waals surface area contributed by atoms with Gasteiger partial charge in [-0.05, 0) is 24.3 Å². The summed E-state index contributed by atoms with van der Waals surface area (Å²) in [7, 11) is 0. The van der Waals surface area contributed by atoms with E-state index in [9.17, 15) is 5.11 Å². The normalized spacial score (nSPS) is 20.0. The minimum Gasteiger partial charge on any atom is -0.471 e.